The first-order chi connectivity index (χ1) is 11.1. The summed E-state index contributed by atoms with van der Waals surface area (Å²) in [6, 6.07) is 7.24. The van der Waals surface area contributed by atoms with Gasteiger partial charge >= 0.3 is 0 Å². The predicted molar refractivity (Wildman–Crippen MR) is 92.5 cm³/mol. The third kappa shape index (κ3) is 4.09. The highest BCUT2D eigenvalue weighted by atomic mass is 35.5. The van der Waals surface area contributed by atoms with Crippen LogP contribution in [-0.4, -0.2) is 42.1 Å². The topological polar surface area (TPSA) is 45.7 Å². The minimum Gasteiger partial charge on any atom is -0.379 e. The smallest absolute Gasteiger partial charge is 0.230 e. The fourth-order valence-electron chi connectivity index (χ4n) is 2.50. The molecule has 1 aromatic carbocycles. The maximum atomic E-state index is 12.1. The van der Waals surface area contributed by atoms with Crippen LogP contribution in [0.25, 0.3) is 0 Å². The lowest BCUT2D eigenvalue weighted by Crippen LogP contribution is -2.35. The number of halogens is 1. The summed E-state index contributed by atoms with van der Waals surface area (Å²) in [5.74, 6) is -0.0838. The highest BCUT2D eigenvalue weighted by molar-refractivity contribution is 7.14. The molecule has 5 nitrogen and oxygen atoms in total. The van der Waals surface area contributed by atoms with Crippen molar-refractivity contribution in [2.75, 3.05) is 31.2 Å². The summed E-state index contributed by atoms with van der Waals surface area (Å²) in [4.78, 5) is 20.6. The van der Waals surface area contributed by atoms with Crippen molar-refractivity contribution in [3.8, 4) is 0 Å². The van der Waals surface area contributed by atoms with Crippen LogP contribution in [0.1, 0.15) is 12.6 Å². The molecule has 0 N–H and O–H groups in total. The van der Waals surface area contributed by atoms with Gasteiger partial charge in [0.05, 0.1) is 24.6 Å². The molecule has 0 aliphatic carbocycles. The van der Waals surface area contributed by atoms with E-state index in [4.69, 9.17) is 16.3 Å². The van der Waals surface area contributed by atoms with Gasteiger partial charge in [0.1, 0.15) is 0 Å². The number of carbonyl (C=O) groups excluding carboxylic acids is 1. The predicted octanol–water partition coefficient (Wildman–Crippen LogP) is 3.31. The molecule has 122 valence electrons. The molecular weight excluding hydrogens is 334 g/mol. The minimum atomic E-state index is -0.0838. The minimum absolute atomic E-state index is 0.0838. The molecule has 7 heteroatoms. The number of anilines is 2. The molecule has 0 atom stereocenters. The summed E-state index contributed by atoms with van der Waals surface area (Å²) >= 11 is 7.51. The first kappa shape index (κ1) is 16.4. The van der Waals surface area contributed by atoms with E-state index in [0.717, 1.165) is 44.2 Å². The van der Waals surface area contributed by atoms with E-state index in [1.54, 1.807) is 17.0 Å². The van der Waals surface area contributed by atoms with Crippen LogP contribution in [0, 0.1) is 0 Å². The Balaban J connectivity index is 1.79. The zero-order valence-corrected chi connectivity index (χ0v) is 14.4. The van der Waals surface area contributed by atoms with Gasteiger partial charge in [-0.05, 0) is 18.2 Å². The van der Waals surface area contributed by atoms with E-state index < -0.39 is 0 Å². The second kappa shape index (κ2) is 7.40. The summed E-state index contributed by atoms with van der Waals surface area (Å²) in [6.07, 6.45) is 0. The highest BCUT2D eigenvalue weighted by Crippen LogP contribution is 2.30. The molecule has 2 aromatic rings. The van der Waals surface area contributed by atoms with Crippen molar-refractivity contribution < 1.29 is 9.53 Å². The van der Waals surface area contributed by atoms with E-state index in [1.807, 2.05) is 17.5 Å². The quantitative estimate of drug-likeness (QED) is 0.847. The van der Waals surface area contributed by atoms with Gasteiger partial charge in [-0.2, -0.15) is 0 Å². The summed E-state index contributed by atoms with van der Waals surface area (Å²) in [5, 5.41) is 3.27. The fraction of sp³-hybridized carbons (Fsp3) is 0.375. The van der Waals surface area contributed by atoms with Crippen LogP contribution in [0.4, 0.5) is 10.8 Å². The van der Waals surface area contributed by atoms with Gasteiger partial charge in [-0.15, -0.1) is 11.3 Å². The van der Waals surface area contributed by atoms with Crippen LogP contribution in [-0.2, 0) is 16.1 Å². The second-order valence-corrected chi connectivity index (χ2v) is 6.62. The molecule has 1 fully saturated rings. The van der Waals surface area contributed by atoms with Gasteiger partial charge in [0.2, 0.25) is 5.91 Å². The number of carbonyl (C=O) groups is 1. The molecule has 1 aliphatic heterocycles. The molecule has 0 saturated carbocycles. The van der Waals surface area contributed by atoms with Crippen molar-refractivity contribution in [3.05, 3.63) is 40.4 Å². The molecular formula is C16H18ClN3O2S. The number of hydrogen-bond donors (Lipinski definition) is 0. The lowest BCUT2D eigenvalue weighted by Gasteiger charge is -2.25. The average molecular weight is 352 g/mol. The average Bonchev–Trinajstić information content (AvgIpc) is 2.96. The molecule has 3 rings (SSSR count). The van der Waals surface area contributed by atoms with Crippen LogP contribution >= 0.6 is 22.9 Å². The van der Waals surface area contributed by atoms with E-state index in [1.165, 1.54) is 18.3 Å². The first-order valence-electron chi connectivity index (χ1n) is 7.44. The van der Waals surface area contributed by atoms with Crippen LogP contribution in [0.2, 0.25) is 5.02 Å². The number of benzene rings is 1. The van der Waals surface area contributed by atoms with E-state index >= 15 is 0 Å². The maximum absolute atomic E-state index is 12.1. The van der Waals surface area contributed by atoms with E-state index in [-0.39, 0.29) is 5.91 Å². The summed E-state index contributed by atoms with van der Waals surface area (Å²) in [5.41, 5.74) is 1.71. The van der Waals surface area contributed by atoms with Gasteiger partial charge in [-0.3, -0.25) is 14.6 Å². The molecule has 0 unspecified atom stereocenters. The maximum Gasteiger partial charge on any atom is 0.230 e. The zero-order valence-electron chi connectivity index (χ0n) is 12.9. The van der Waals surface area contributed by atoms with Gasteiger partial charge in [-0.1, -0.05) is 17.7 Å². The Kier molecular flexibility index (Phi) is 5.27. The third-order valence-corrected chi connectivity index (χ3v) is 4.71. The van der Waals surface area contributed by atoms with Crippen molar-refractivity contribution in [1.29, 1.82) is 0 Å². The number of nitrogens with zero attached hydrogens (tertiary/aromatic N) is 3. The number of thiazole rings is 1. The standard InChI is InChI=1S/C16H18ClN3O2S/c1-12(21)20(15-4-2-3-13(17)9-15)16-18-14(11-23-16)10-19-5-7-22-8-6-19/h2-4,9,11H,5-8,10H2,1H3. The molecule has 1 aliphatic rings. The van der Waals surface area contributed by atoms with Crippen molar-refractivity contribution >= 4 is 39.7 Å². The number of rotatable bonds is 4. The van der Waals surface area contributed by atoms with E-state index in [0.29, 0.717) is 10.2 Å². The number of morpholine rings is 1. The van der Waals surface area contributed by atoms with Crippen LogP contribution < -0.4 is 4.90 Å². The van der Waals surface area contributed by atoms with Crippen molar-refractivity contribution in [2.45, 2.75) is 13.5 Å². The Morgan fingerprint density at radius 2 is 2.22 bits per heavy atom. The Labute approximate surface area is 144 Å². The monoisotopic (exact) mass is 351 g/mol. The molecule has 2 heterocycles. The normalized spacial score (nSPS) is 15.6. The highest BCUT2D eigenvalue weighted by Gasteiger charge is 2.19. The van der Waals surface area contributed by atoms with Crippen LogP contribution in [0.3, 0.4) is 0 Å². The molecule has 1 aromatic heterocycles. The Morgan fingerprint density at radius 1 is 1.43 bits per heavy atom. The molecule has 1 saturated heterocycles. The number of aromatic nitrogens is 1. The van der Waals surface area contributed by atoms with Crippen molar-refractivity contribution in [3.63, 3.8) is 0 Å². The SMILES string of the molecule is CC(=O)N(c1cccc(Cl)c1)c1nc(CN2CCOCC2)cs1. The van der Waals surface area contributed by atoms with Crippen LogP contribution in [0.15, 0.2) is 29.6 Å². The second-order valence-electron chi connectivity index (χ2n) is 5.34. The number of hydrogen-bond acceptors (Lipinski definition) is 5. The lowest BCUT2D eigenvalue weighted by atomic mass is 10.3. The largest absolute Gasteiger partial charge is 0.379 e. The van der Waals surface area contributed by atoms with E-state index in [2.05, 4.69) is 9.88 Å². The zero-order chi connectivity index (χ0) is 16.2. The Morgan fingerprint density at radius 3 is 2.91 bits per heavy atom. The third-order valence-electron chi connectivity index (χ3n) is 3.60. The van der Waals surface area contributed by atoms with Gasteiger partial charge in [0.25, 0.3) is 0 Å². The molecule has 0 radical (unpaired) electrons. The summed E-state index contributed by atoms with van der Waals surface area (Å²) in [6.45, 7) is 5.67. The molecule has 1 amide bonds. The van der Waals surface area contributed by atoms with E-state index in [9.17, 15) is 4.79 Å². The first-order valence-corrected chi connectivity index (χ1v) is 8.70. The molecule has 0 bridgehead atoms. The molecule has 0 spiro atoms. The summed E-state index contributed by atoms with van der Waals surface area (Å²) in [7, 11) is 0. The van der Waals surface area contributed by atoms with Gasteiger partial charge in [-0.25, -0.2) is 4.98 Å². The summed E-state index contributed by atoms with van der Waals surface area (Å²) < 4.78 is 5.36. The Bertz CT molecular complexity index is 685. The van der Waals surface area contributed by atoms with Gasteiger partial charge < -0.3 is 4.74 Å². The molecule has 23 heavy (non-hydrogen) atoms. The number of amides is 1. The Hall–Kier alpha value is -1.47. The van der Waals surface area contributed by atoms with Gasteiger partial charge in [0.15, 0.2) is 5.13 Å². The van der Waals surface area contributed by atoms with Crippen LogP contribution in [0.5, 0.6) is 0 Å². The van der Waals surface area contributed by atoms with Crippen molar-refractivity contribution in [1.82, 2.24) is 9.88 Å². The van der Waals surface area contributed by atoms with Gasteiger partial charge in [0, 0.05) is 37.0 Å². The fourth-order valence-corrected chi connectivity index (χ4v) is 3.56. The number of ether oxygens (including phenoxy) is 1. The van der Waals surface area contributed by atoms with Crippen molar-refractivity contribution in [2.24, 2.45) is 0 Å². The lowest BCUT2D eigenvalue weighted by molar-refractivity contribution is -0.115.